The minimum atomic E-state index is -0.546. The molecule has 1 N–H and O–H groups in total. The van der Waals surface area contributed by atoms with E-state index in [-0.39, 0.29) is 11.9 Å². The zero-order valence-corrected chi connectivity index (χ0v) is 21.2. The molecule has 0 saturated carbocycles. The Hall–Kier alpha value is -1.06. The van der Waals surface area contributed by atoms with Crippen LogP contribution < -0.4 is 5.32 Å². The summed E-state index contributed by atoms with van der Waals surface area (Å²) in [6.45, 7) is 6.63. The number of carbonyl (C=O) groups excluding carboxylic acids is 2. The Labute approximate surface area is 193 Å². The molecule has 0 unspecified atom stereocenters. The van der Waals surface area contributed by atoms with Crippen molar-refractivity contribution in [2.75, 3.05) is 6.61 Å². The highest BCUT2D eigenvalue weighted by atomic mass is 16.5. The number of hydrogen-bond donors (Lipinski definition) is 1. The minimum absolute atomic E-state index is 0.0440. The molecule has 0 aliphatic heterocycles. The van der Waals surface area contributed by atoms with Crippen molar-refractivity contribution in [1.82, 2.24) is 5.32 Å². The lowest BCUT2D eigenvalue weighted by atomic mass is 10.0. The van der Waals surface area contributed by atoms with E-state index in [1.807, 2.05) is 0 Å². The summed E-state index contributed by atoms with van der Waals surface area (Å²) >= 11 is 0. The lowest BCUT2D eigenvalue weighted by molar-refractivity contribution is -0.147. The lowest BCUT2D eigenvalue weighted by Gasteiger charge is -2.13. The van der Waals surface area contributed by atoms with Gasteiger partial charge in [0.15, 0.2) is 0 Å². The van der Waals surface area contributed by atoms with Crippen LogP contribution in [0.25, 0.3) is 0 Å². The third kappa shape index (κ3) is 21.9. The minimum Gasteiger partial charge on any atom is -0.464 e. The Bertz CT molecular complexity index is 411. The molecule has 0 aromatic heterocycles. The Kier molecular flexibility index (Phi) is 22.8. The number of hydrogen-bond acceptors (Lipinski definition) is 3. The molecule has 31 heavy (non-hydrogen) atoms. The molecule has 0 rings (SSSR count). The average Bonchev–Trinajstić information content (AvgIpc) is 2.76. The normalized spacial score (nSPS) is 12.0. The second kappa shape index (κ2) is 23.6. The van der Waals surface area contributed by atoms with Gasteiger partial charge in [0.1, 0.15) is 6.04 Å². The molecule has 0 spiro atoms. The van der Waals surface area contributed by atoms with Crippen molar-refractivity contribution in [3.05, 3.63) is 0 Å². The monoisotopic (exact) mass is 439 g/mol. The first-order valence-electron chi connectivity index (χ1n) is 13.6. The van der Waals surface area contributed by atoms with Gasteiger partial charge in [-0.25, -0.2) is 4.79 Å². The van der Waals surface area contributed by atoms with Gasteiger partial charge in [0.05, 0.1) is 6.61 Å². The van der Waals surface area contributed by atoms with Crippen LogP contribution in [-0.2, 0) is 14.3 Å². The molecule has 0 aromatic carbocycles. The van der Waals surface area contributed by atoms with Gasteiger partial charge in [-0.3, -0.25) is 4.79 Å². The van der Waals surface area contributed by atoms with Crippen molar-refractivity contribution < 1.29 is 14.3 Å². The third-order valence-electron chi connectivity index (χ3n) is 5.98. The van der Waals surface area contributed by atoms with Crippen molar-refractivity contribution in [1.29, 1.82) is 0 Å². The van der Waals surface area contributed by atoms with Gasteiger partial charge in [0, 0.05) is 6.42 Å². The predicted octanol–water partition coefficient (Wildman–Crippen LogP) is 7.88. The first-order chi connectivity index (χ1) is 15.1. The molecule has 1 amide bonds. The van der Waals surface area contributed by atoms with Crippen molar-refractivity contribution in [2.24, 2.45) is 0 Å². The zero-order valence-electron chi connectivity index (χ0n) is 21.2. The SMILES string of the molecule is CCCCCCCCCCCCCCCCOC(=O)[C@H](C)NC(=O)CCCCCCC. The summed E-state index contributed by atoms with van der Waals surface area (Å²) in [5.41, 5.74) is 0. The summed E-state index contributed by atoms with van der Waals surface area (Å²) in [5, 5.41) is 2.76. The van der Waals surface area contributed by atoms with Gasteiger partial charge in [-0.1, -0.05) is 123 Å². The van der Waals surface area contributed by atoms with Crippen molar-refractivity contribution in [3.8, 4) is 0 Å². The molecule has 1 atom stereocenters. The maximum absolute atomic E-state index is 12.0. The first kappa shape index (κ1) is 29.9. The van der Waals surface area contributed by atoms with Gasteiger partial charge in [-0.2, -0.15) is 0 Å². The summed E-state index contributed by atoms with van der Waals surface area (Å²) in [6.07, 6.45) is 24.5. The van der Waals surface area contributed by atoms with E-state index in [1.54, 1.807) is 6.92 Å². The molecule has 0 bridgehead atoms. The van der Waals surface area contributed by atoms with Crippen molar-refractivity contribution in [2.45, 2.75) is 155 Å². The smallest absolute Gasteiger partial charge is 0.328 e. The number of nitrogens with one attached hydrogen (secondary N) is 1. The van der Waals surface area contributed by atoms with E-state index >= 15 is 0 Å². The second-order valence-corrected chi connectivity index (χ2v) is 9.22. The van der Waals surface area contributed by atoms with E-state index in [0.29, 0.717) is 13.0 Å². The van der Waals surface area contributed by atoms with E-state index in [0.717, 1.165) is 25.7 Å². The third-order valence-corrected chi connectivity index (χ3v) is 5.98. The van der Waals surface area contributed by atoms with Crippen LogP contribution in [0.1, 0.15) is 149 Å². The Morgan fingerprint density at radius 3 is 1.45 bits per heavy atom. The highest BCUT2D eigenvalue weighted by Gasteiger charge is 2.16. The fourth-order valence-corrected chi connectivity index (χ4v) is 3.86. The topological polar surface area (TPSA) is 55.4 Å². The van der Waals surface area contributed by atoms with Gasteiger partial charge in [-0.05, 0) is 19.8 Å². The zero-order chi connectivity index (χ0) is 23.0. The molecule has 0 fully saturated rings. The van der Waals surface area contributed by atoms with Gasteiger partial charge >= 0.3 is 5.97 Å². The maximum Gasteiger partial charge on any atom is 0.328 e. The van der Waals surface area contributed by atoms with E-state index < -0.39 is 6.04 Å². The summed E-state index contributed by atoms with van der Waals surface area (Å²) in [7, 11) is 0. The van der Waals surface area contributed by atoms with E-state index in [9.17, 15) is 9.59 Å². The molecule has 4 nitrogen and oxygen atoms in total. The summed E-state index contributed by atoms with van der Waals surface area (Å²) < 4.78 is 5.32. The molecule has 0 aromatic rings. The fourth-order valence-electron chi connectivity index (χ4n) is 3.86. The largest absolute Gasteiger partial charge is 0.464 e. The molecular formula is C27H53NO3. The summed E-state index contributed by atoms with van der Waals surface area (Å²) in [6, 6.07) is -0.546. The molecule has 184 valence electrons. The Morgan fingerprint density at radius 2 is 1.00 bits per heavy atom. The first-order valence-corrected chi connectivity index (χ1v) is 13.6. The Morgan fingerprint density at radius 1 is 0.613 bits per heavy atom. The van der Waals surface area contributed by atoms with Crippen molar-refractivity contribution in [3.63, 3.8) is 0 Å². The Balaban J connectivity index is 3.40. The van der Waals surface area contributed by atoms with Gasteiger partial charge in [-0.15, -0.1) is 0 Å². The summed E-state index contributed by atoms with van der Waals surface area (Å²) in [5.74, 6) is -0.355. The van der Waals surface area contributed by atoms with E-state index in [4.69, 9.17) is 4.74 Å². The van der Waals surface area contributed by atoms with Crippen LogP contribution in [0.4, 0.5) is 0 Å². The molecule has 0 aliphatic carbocycles. The van der Waals surface area contributed by atoms with Crippen LogP contribution in [0.2, 0.25) is 0 Å². The van der Waals surface area contributed by atoms with Crippen LogP contribution in [0.3, 0.4) is 0 Å². The molecule has 0 saturated heterocycles. The molecule has 0 aliphatic rings. The standard InChI is InChI=1S/C27H53NO3/c1-4-6-8-10-11-12-13-14-15-16-17-18-20-22-24-31-27(30)25(3)28-26(29)23-21-19-9-7-5-2/h25H,4-24H2,1-3H3,(H,28,29)/t25-/m0/s1. The molecule has 0 heterocycles. The average molecular weight is 440 g/mol. The van der Waals surface area contributed by atoms with Crippen LogP contribution in [0.15, 0.2) is 0 Å². The van der Waals surface area contributed by atoms with Crippen LogP contribution in [-0.4, -0.2) is 24.5 Å². The number of esters is 1. The van der Waals surface area contributed by atoms with E-state index in [1.165, 1.54) is 96.3 Å². The fraction of sp³-hybridized carbons (Fsp3) is 0.926. The van der Waals surface area contributed by atoms with Gasteiger partial charge in [0.25, 0.3) is 0 Å². The van der Waals surface area contributed by atoms with Gasteiger partial charge in [0.2, 0.25) is 5.91 Å². The number of amides is 1. The van der Waals surface area contributed by atoms with Crippen LogP contribution >= 0.6 is 0 Å². The molecular weight excluding hydrogens is 386 g/mol. The predicted molar refractivity (Wildman–Crippen MR) is 132 cm³/mol. The van der Waals surface area contributed by atoms with Gasteiger partial charge < -0.3 is 10.1 Å². The highest BCUT2D eigenvalue weighted by Crippen LogP contribution is 2.13. The molecule has 0 radical (unpaired) electrons. The number of ether oxygens (including phenoxy) is 1. The lowest BCUT2D eigenvalue weighted by Crippen LogP contribution is -2.39. The number of rotatable bonds is 23. The number of carbonyl (C=O) groups is 2. The van der Waals surface area contributed by atoms with E-state index in [2.05, 4.69) is 19.2 Å². The quantitative estimate of drug-likeness (QED) is 0.130. The van der Waals surface area contributed by atoms with Crippen LogP contribution in [0.5, 0.6) is 0 Å². The molecule has 4 heteroatoms. The van der Waals surface area contributed by atoms with Crippen molar-refractivity contribution >= 4 is 11.9 Å². The van der Waals surface area contributed by atoms with Crippen LogP contribution in [0, 0.1) is 0 Å². The highest BCUT2D eigenvalue weighted by molar-refractivity contribution is 5.84. The second-order valence-electron chi connectivity index (χ2n) is 9.22. The summed E-state index contributed by atoms with van der Waals surface area (Å²) in [4.78, 5) is 23.9. The maximum atomic E-state index is 12.0. The number of unbranched alkanes of at least 4 members (excludes halogenated alkanes) is 17.